The van der Waals surface area contributed by atoms with Crippen molar-refractivity contribution in [2.75, 3.05) is 16.0 Å². The number of rotatable bonds is 5. The third kappa shape index (κ3) is 4.13. The predicted octanol–water partition coefficient (Wildman–Crippen LogP) is 5.02. The minimum atomic E-state index is -0.0499. The van der Waals surface area contributed by atoms with E-state index in [2.05, 4.69) is 5.32 Å². The largest absolute Gasteiger partial charge is 0.326 e. The van der Waals surface area contributed by atoms with Crippen molar-refractivity contribution in [2.24, 2.45) is 0 Å². The predicted molar refractivity (Wildman–Crippen MR) is 117 cm³/mol. The van der Waals surface area contributed by atoms with Crippen LogP contribution in [-0.2, 0) is 16.0 Å². The Hall–Kier alpha value is -2.57. The molecule has 142 valence electrons. The second-order valence-electron chi connectivity index (χ2n) is 6.69. The first-order chi connectivity index (χ1) is 13.6. The van der Waals surface area contributed by atoms with E-state index in [9.17, 15) is 9.59 Å². The zero-order valence-corrected chi connectivity index (χ0v) is 17.1. The van der Waals surface area contributed by atoms with Gasteiger partial charge >= 0.3 is 0 Å². The number of hydrogen-bond donors (Lipinski definition) is 1. The van der Waals surface area contributed by atoms with Gasteiger partial charge in [0, 0.05) is 16.3 Å². The molecule has 0 bridgehead atoms. The van der Waals surface area contributed by atoms with Gasteiger partial charge in [0.05, 0.1) is 12.2 Å². The van der Waals surface area contributed by atoms with Gasteiger partial charge in [-0.3, -0.25) is 14.5 Å². The van der Waals surface area contributed by atoms with E-state index >= 15 is 0 Å². The fourth-order valence-corrected chi connectivity index (χ4v) is 5.04. The monoisotopic (exact) mass is 408 g/mol. The van der Waals surface area contributed by atoms with Crippen LogP contribution >= 0.6 is 23.1 Å². The number of carbonyl (C=O) groups excluding carboxylic acids is 2. The van der Waals surface area contributed by atoms with Crippen molar-refractivity contribution in [1.29, 1.82) is 0 Å². The standard InChI is InChI=1S/C22H20N2O2S2/c1-15-4-10-18(11-5-15)24-21(26)14-28-22(24)16-6-8-17(9-7-16)23-20(25)13-19-3-2-12-27-19/h2-12,22H,13-14H2,1H3,(H,23,25)/t22-/m1/s1. The van der Waals surface area contributed by atoms with Crippen LogP contribution in [-0.4, -0.2) is 17.6 Å². The summed E-state index contributed by atoms with van der Waals surface area (Å²) in [4.78, 5) is 27.5. The maximum absolute atomic E-state index is 12.5. The number of thiophene rings is 1. The maximum Gasteiger partial charge on any atom is 0.238 e. The van der Waals surface area contributed by atoms with Crippen molar-refractivity contribution >= 4 is 46.3 Å². The summed E-state index contributed by atoms with van der Waals surface area (Å²) in [5.41, 5.74) is 3.90. The van der Waals surface area contributed by atoms with Gasteiger partial charge in [-0.05, 0) is 48.2 Å². The Morgan fingerprint density at radius 2 is 1.86 bits per heavy atom. The number of hydrogen-bond acceptors (Lipinski definition) is 4. The molecule has 4 rings (SSSR count). The van der Waals surface area contributed by atoms with Crippen LogP contribution in [0.15, 0.2) is 66.0 Å². The molecule has 1 aliphatic heterocycles. The molecule has 1 atom stereocenters. The normalized spacial score (nSPS) is 16.4. The smallest absolute Gasteiger partial charge is 0.238 e. The lowest BCUT2D eigenvalue weighted by atomic mass is 10.1. The van der Waals surface area contributed by atoms with Crippen molar-refractivity contribution < 1.29 is 9.59 Å². The van der Waals surface area contributed by atoms with Crippen molar-refractivity contribution in [3.05, 3.63) is 82.0 Å². The SMILES string of the molecule is Cc1ccc(N2C(=O)CS[C@@H]2c2ccc(NC(=O)Cc3cccs3)cc2)cc1. The molecule has 2 aromatic carbocycles. The first kappa shape index (κ1) is 18.8. The number of aryl methyl sites for hydroxylation is 1. The minimum absolute atomic E-state index is 0.0260. The van der Waals surface area contributed by atoms with Crippen molar-refractivity contribution in [2.45, 2.75) is 18.7 Å². The topological polar surface area (TPSA) is 49.4 Å². The highest BCUT2D eigenvalue weighted by Gasteiger charge is 2.33. The molecule has 28 heavy (non-hydrogen) atoms. The number of nitrogens with one attached hydrogen (secondary N) is 1. The lowest BCUT2D eigenvalue weighted by molar-refractivity contribution is -0.116. The van der Waals surface area contributed by atoms with Gasteiger partial charge in [0.2, 0.25) is 11.8 Å². The number of thioether (sulfide) groups is 1. The van der Waals surface area contributed by atoms with E-state index in [4.69, 9.17) is 0 Å². The Kier molecular flexibility index (Phi) is 5.50. The van der Waals surface area contributed by atoms with E-state index in [0.717, 1.165) is 21.8 Å². The van der Waals surface area contributed by atoms with Gasteiger partial charge in [-0.15, -0.1) is 23.1 Å². The molecule has 1 aromatic heterocycles. The second-order valence-corrected chi connectivity index (χ2v) is 8.79. The van der Waals surface area contributed by atoms with Crippen LogP contribution in [0.3, 0.4) is 0 Å². The van der Waals surface area contributed by atoms with Gasteiger partial charge in [0.25, 0.3) is 0 Å². The van der Waals surface area contributed by atoms with Crippen LogP contribution in [0.1, 0.15) is 21.4 Å². The molecule has 0 saturated carbocycles. The first-order valence-corrected chi connectivity index (χ1v) is 11.0. The van der Waals surface area contributed by atoms with Crippen LogP contribution < -0.4 is 10.2 Å². The third-order valence-corrected chi connectivity index (χ3v) is 6.66. The highest BCUT2D eigenvalue weighted by molar-refractivity contribution is 8.00. The molecular formula is C22H20N2O2S2. The van der Waals surface area contributed by atoms with Crippen molar-refractivity contribution in [3.63, 3.8) is 0 Å². The zero-order chi connectivity index (χ0) is 19.5. The van der Waals surface area contributed by atoms with E-state index in [1.54, 1.807) is 23.1 Å². The molecule has 1 saturated heterocycles. The van der Waals surface area contributed by atoms with E-state index in [0.29, 0.717) is 12.2 Å². The second kappa shape index (κ2) is 8.20. The van der Waals surface area contributed by atoms with Crippen molar-refractivity contribution in [3.8, 4) is 0 Å². The van der Waals surface area contributed by atoms with E-state index in [-0.39, 0.29) is 17.2 Å². The molecule has 1 aliphatic rings. The molecular weight excluding hydrogens is 388 g/mol. The number of anilines is 2. The molecule has 6 heteroatoms. The molecule has 1 fully saturated rings. The number of benzene rings is 2. The Morgan fingerprint density at radius 1 is 1.11 bits per heavy atom. The fraction of sp³-hybridized carbons (Fsp3) is 0.182. The summed E-state index contributed by atoms with van der Waals surface area (Å²) in [5, 5.41) is 4.86. The van der Waals surface area contributed by atoms with Gasteiger partial charge in [0.15, 0.2) is 0 Å². The summed E-state index contributed by atoms with van der Waals surface area (Å²) >= 11 is 3.20. The summed E-state index contributed by atoms with van der Waals surface area (Å²) in [6, 6.07) is 19.7. The van der Waals surface area contributed by atoms with Gasteiger partial charge in [-0.2, -0.15) is 0 Å². The molecule has 0 spiro atoms. The Bertz CT molecular complexity index is 967. The maximum atomic E-state index is 12.5. The summed E-state index contributed by atoms with van der Waals surface area (Å²) in [6.45, 7) is 2.04. The number of carbonyl (C=O) groups is 2. The first-order valence-electron chi connectivity index (χ1n) is 9.03. The molecule has 2 amide bonds. The average Bonchev–Trinajstić information content (AvgIpc) is 3.33. The van der Waals surface area contributed by atoms with Gasteiger partial charge in [-0.25, -0.2) is 0 Å². The van der Waals surface area contributed by atoms with Crippen LogP contribution in [0.25, 0.3) is 0 Å². The zero-order valence-electron chi connectivity index (χ0n) is 15.4. The van der Waals surface area contributed by atoms with Crippen LogP contribution in [0.5, 0.6) is 0 Å². The van der Waals surface area contributed by atoms with Gasteiger partial charge in [-0.1, -0.05) is 35.9 Å². The summed E-state index contributed by atoms with van der Waals surface area (Å²) in [5.74, 6) is 0.562. The molecule has 4 nitrogen and oxygen atoms in total. The Labute approximate surface area is 172 Å². The summed E-state index contributed by atoms with van der Waals surface area (Å²) < 4.78 is 0. The molecule has 0 aliphatic carbocycles. The van der Waals surface area contributed by atoms with E-state index in [1.165, 1.54) is 5.56 Å². The van der Waals surface area contributed by atoms with Crippen molar-refractivity contribution in [1.82, 2.24) is 0 Å². The Morgan fingerprint density at radius 3 is 2.54 bits per heavy atom. The summed E-state index contributed by atoms with van der Waals surface area (Å²) in [6.07, 6.45) is 0.383. The highest BCUT2D eigenvalue weighted by Crippen LogP contribution is 2.41. The van der Waals surface area contributed by atoms with Crippen LogP contribution in [0.4, 0.5) is 11.4 Å². The molecule has 0 radical (unpaired) electrons. The summed E-state index contributed by atoms with van der Waals surface area (Å²) in [7, 11) is 0. The van der Waals surface area contributed by atoms with E-state index < -0.39 is 0 Å². The minimum Gasteiger partial charge on any atom is -0.326 e. The average molecular weight is 409 g/mol. The Balaban J connectivity index is 1.47. The lowest BCUT2D eigenvalue weighted by Crippen LogP contribution is -2.27. The number of amides is 2. The molecule has 0 unspecified atom stereocenters. The molecule has 3 aromatic rings. The van der Waals surface area contributed by atoms with E-state index in [1.807, 2.05) is 77.9 Å². The number of nitrogens with zero attached hydrogens (tertiary/aromatic N) is 1. The quantitative estimate of drug-likeness (QED) is 0.645. The van der Waals surface area contributed by atoms with Crippen LogP contribution in [0, 0.1) is 6.92 Å². The van der Waals surface area contributed by atoms with Gasteiger partial charge < -0.3 is 5.32 Å². The lowest BCUT2D eigenvalue weighted by Gasteiger charge is -2.24. The molecule has 2 heterocycles. The highest BCUT2D eigenvalue weighted by atomic mass is 32.2. The van der Waals surface area contributed by atoms with Gasteiger partial charge in [0.1, 0.15) is 5.37 Å². The third-order valence-electron chi connectivity index (χ3n) is 4.57. The fourth-order valence-electron chi connectivity index (χ4n) is 3.16. The van der Waals surface area contributed by atoms with Crippen LogP contribution in [0.2, 0.25) is 0 Å². The molecule has 1 N–H and O–H groups in total.